The van der Waals surface area contributed by atoms with E-state index in [0.717, 1.165) is 18.8 Å². The molecule has 0 atom stereocenters. The normalized spacial score (nSPS) is 11.1. The fourth-order valence-electron chi connectivity index (χ4n) is 1.59. The monoisotopic (exact) mass is 265 g/mol. The minimum absolute atomic E-state index is 0.452. The van der Waals surface area contributed by atoms with Crippen molar-refractivity contribution in [3.05, 3.63) is 34.3 Å². The quantitative estimate of drug-likeness (QED) is 0.872. The first-order valence-electron chi connectivity index (χ1n) is 6.05. The average molecular weight is 265 g/mol. The summed E-state index contributed by atoms with van der Waals surface area (Å²) in [6.45, 7) is 5.79. The molecule has 2 aromatic rings. The highest BCUT2D eigenvalue weighted by Gasteiger charge is 2.09. The molecular weight excluding hydrogens is 246 g/mol. The summed E-state index contributed by atoms with van der Waals surface area (Å²) >= 11 is 1.71. The SMILES string of the molecule is CC(C)NCc1coc(N(C)Cc2ccsc2)n1. The maximum Gasteiger partial charge on any atom is 0.297 e. The van der Waals surface area contributed by atoms with Gasteiger partial charge >= 0.3 is 0 Å². The molecule has 0 aliphatic heterocycles. The standard InChI is InChI=1S/C13H19N3OS/c1-10(2)14-6-12-8-17-13(15-12)16(3)7-11-4-5-18-9-11/h4-5,8-10,14H,6-7H2,1-3H3. The molecule has 4 nitrogen and oxygen atoms in total. The van der Waals surface area contributed by atoms with Crippen LogP contribution >= 0.6 is 11.3 Å². The number of nitrogens with one attached hydrogen (secondary N) is 1. The van der Waals surface area contributed by atoms with Gasteiger partial charge in [0, 0.05) is 26.2 Å². The Morgan fingerprint density at radius 1 is 1.50 bits per heavy atom. The summed E-state index contributed by atoms with van der Waals surface area (Å²) in [5, 5.41) is 7.54. The molecule has 0 saturated heterocycles. The first-order chi connectivity index (χ1) is 8.65. The highest BCUT2D eigenvalue weighted by Crippen LogP contribution is 2.16. The van der Waals surface area contributed by atoms with Gasteiger partial charge in [-0.3, -0.25) is 0 Å². The Balaban J connectivity index is 1.92. The lowest BCUT2D eigenvalue weighted by atomic mass is 10.3. The van der Waals surface area contributed by atoms with Crippen LogP contribution in [0.15, 0.2) is 27.5 Å². The summed E-state index contributed by atoms with van der Waals surface area (Å²) in [4.78, 5) is 6.48. The van der Waals surface area contributed by atoms with Crippen molar-refractivity contribution < 1.29 is 4.42 Å². The number of rotatable bonds is 6. The van der Waals surface area contributed by atoms with E-state index in [0.29, 0.717) is 12.1 Å². The summed E-state index contributed by atoms with van der Waals surface area (Å²) in [6.07, 6.45) is 1.72. The third-order valence-corrected chi connectivity index (χ3v) is 3.29. The smallest absolute Gasteiger partial charge is 0.297 e. The van der Waals surface area contributed by atoms with Gasteiger partial charge in [0.25, 0.3) is 6.01 Å². The molecule has 5 heteroatoms. The van der Waals surface area contributed by atoms with Gasteiger partial charge in [0.15, 0.2) is 0 Å². The Kier molecular flexibility index (Phi) is 4.38. The van der Waals surface area contributed by atoms with Crippen LogP contribution in [-0.2, 0) is 13.1 Å². The largest absolute Gasteiger partial charge is 0.432 e. The molecule has 0 aliphatic carbocycles. The van der Waals surface area contributed by atoms with E-state index in [2.05, 4.69) is 41.0 Å². The minimum atomic E-state index is 0.452. The van der Waals surface area contributed by atoms with E-state index in [1.54, 1.807) is 17.6 Å². The molecule has 2 aromatic heterocycles. The Labute approximate surface area is 112 Å². The van der Waals surface area contributed by atoms with Crippen molar-refractivity contribution in [2.75, 3.05) is 11.9 Å². The summed E-state index contributed by atoms with van der Waals surface area (Å²) in [7, 11) is 1.99. The number of anilines is 1. The molecular formula is C13H19N3OS. The molecule has 2 rings (SSSR count). The zero-order valence-electron chi connectivity index (χ0n) is 11.0. The summed E-state index contributed by atoms with van der Waals surface area (Å²) < 4.78 is 5.49. The van der Waals surface area contributed by atoms with Gasteiger partial charge in [-0.2, -0.15) is 16.3 Å². The van der Waals surface area contributed by atoms with Gasteiger partial charge in [-0.1, -0.05) is 13.8 Å². The Morgan fingerprint density at radius 2 is 2.33 bits per heavy atom. The lowest BCUT2D eigenvalue weighted by Crippen LogP contribution is -2.22. The molecule has 0 saturated carbocycles. The Hall–Kier alpha value is -1.33. The van der Waals surface area contributed by atoms with Crippen molar-refractivity contribution >= 4 is 17.4 Å². The van der Waals surface area contributed by atoms with Gasteiger partial charge in [-0.25, -0.2) is 0 Å². The van der Waals surface area contributed by atoms with Gasteiger partial charge in [-0.15, -0.1) is 0 Å². The first-order valence-corrected chi connectivity index (χ1v) is 6.99. The van der Waals surface area contributed by atoms with E-state index in [-0.39, 0.29) is 0 Å². The molecule has 0 radical (unpaired) electrons. The predicted molar refractivity (Wildman–Crippen MR) is 74.9 cm³/mol. The number of nitrogens with zero attached hydrogens (tertiary/aromatic N) is 2. The van der Waals surface area contributed by atoms with Crippen molar-refractivity contribution in [1.82, 2.24) is 10.3 Å². The molecule has 0 bridgehead atoms. The molecule has 0 unspecified atom stereocenters. The van der Waals surface area contributed by atoms with E-state index < -0.39 is 0 Å². The lowest BCUT2D eigenvalue weighted by Gasteiger charge is -2.12. The van der Waals surface area contributed by atoms with Crippen LogP contribution in [0.3, 0.4) is 0 Å². The van der Waals surface area contributed by atoms with E-state index in [4.69, 9.17) is 4.42 Å². The number of oxazole rings is 1. The molecule has 0 amide bonds. The highest BCUT2D eigenvalue weighted by molar-refractivity contribution is 7.07. The third-order valence-electron chi connectivity index (χ3n) is 2.56. The molecule has 1 N–H and O–H groups in total. The van der Waals surface area contributed by atoms with E-state index in [1.165, 1.54) is 5.56 Å². The Bertz CT molecular complexity index is 464. The number of aromatic nitrogens is 1. The number of hydrogen-bond acceptors (Lipinski definition) is 5. The lowest BCUT2D eigenvalue weighted by molar-refractivity contribution is 0.540. The van der Waals surface area contributed by atoms with E-state index in [9.17, 15) is 0 Å². The van der Waals surface area contributed by atoms with E-state index >= 15 is 0 Å². The van der Waals surface area contributed by atoms with Crippen LogP contribution in [0.4, 0.5) is 6.01 Å². The fourth-order valence-corrected chi connectivity index (χ4v) is 2.25. The second-order valence-electron chi connectivity index (χ2n) is 4.64. The highest BCUT2D eigenvalue weighted by atomic mass is 32.1. The van der Waals surface area contributed by atoms with Crippen LogP contribution in [-0.4, -0.2) is 18.1 Å². The van der Waals surface area contributed by atoms with Gasteiger partial charge in [-0.05, 0) is 22.4 Å². The van der Waals surface area contributed by atoms with Gasteiger partial charge in [0.2, 0.25) is 0 Å². The van der Waals surface area contributed by atoms with Crippen molar-refractivity contribution in [2.45, 2.75) is 33.0 Å². The van der Waals surface area contributed by atoms with Gasteiger partial charge in [0.05, 0.1) is 5.69 Å². The maximum absolute atomic E-state index is 5.49. The molecule has 98 valence electrons. The van der Waals surface area contributed by atoms with Crippen molar-refractivity contribution in [3.63, 3.8) is 0 Å². The summed E-state index contributed by atoms with van der Waals surface area (Å²) in [5.74, 6) is 0. The average Bonchev–Trinajstić information content (AvgIpc) is 2.96. The number of hydrogen-bond donors (Lipinski definition) is 1. The molecule has 18 heavy (non-hydrogen) atoms. The molecule has 2 heterocycles. The first kappa shape index (κ1) is 13.1. The van der Waals surface area contributed by atoms with Crippen molar-refractivity contribution in [1.29, 1.82) is 0 Å². The molecule has 0 aliphatic rings. The van der Waals surface area contributed by atoms with E-state index in [1.807, 2.05) is 11.9 Å². The van der Waals surface area contributed by atoms with Crippen LogP contribution in [0, 0.1) is 0 Å². The third kappa shape index (κ3) is 3.58. The number of thiophene rings is 1. The van der Waals surface area contributed by atoms with Crippen molar-refractivity contribution in [3.8, 4) is 0 Å². The molecule has 0 aromatic carbocycles. The van der Waals surface area contributed by atoms with Gasteiger partial charge < -0.3 is 14.6 Å². The summed E-state index contributed by atoms with van der Waals surface area (Å²) in [5.41, 5.74) is 2.22. The second kappa shape index (κ2) is 6.02. The predicted octanol–water partition coefficient (Wildman–Crippen LogP) is 2.87. The van der Waals surface area contributed by atoms with Crippen LogP contribution in [0.1, 0.15) is 25.1 Å². The maximum atomic E-state index is 5.49. The minimum Gasteiger partial charge on any atom is -0.432 e. The van der Waals surface area contributed by atoms with Gasteiger partial charge in [0.1, 0.15) is 6.26 Å². The topological polar surface area (TPSA) is 41.3 Å². The fraction of sp³-hybridized carbons (Fsp3) is 0.462. The molecule has 0 fully saturated rings. The van der Waals surface area contributed by atoms with Crippen LogP contribution in [0.25, 0.3) is 0 Å². The zero-order valence-corrected chi connectivity index (χ0v) is 11.8. The summed E-state index contributed by atoms with van der Waals surface area (Å²) in [6, 6.07) is 3.24. The molecule has 0 spiro atoms. The van der Waals surface area contributed by atoms with Crippen molar-refractivity contribution in [2.24, 2.45) is 0 Å². The van der Waals surface area contributed by atoms with Crippen LogP contribution < -0.4 is 10.2 Å². The zero-order chi connectivity index (χ0) is 13.0. The van der Waals surface area contributed by atoms with Crippen LogP contribution in [0.2, 0.25) is 0 Å². The Morgan fingerprint density at radius 3 is 3.00 bits per heavy atom. The van der Waals surface area contributed by atoms with Crippen LogP contribution in [0.5, 0.6) is 0 Å². The second-order valence-corrected chi connectivity index (χ2v) is 5.42.